The van der Waals surface area contributed by atoms with Gasteiger partial charge in [0.05, 0.1) is 0 Å². The van der Waals surface area contributed by atoms with Crippen LogP contribution < -0.4 is 0 Å². The summed E-state index contributed by atoms with van der Waals surface area (Å²) < 4.78 is 0. The van der Waals surface area contributed by atoms with Crippen LogP contribution in [-0.4, -0.2) is 12.3 Å². The minimum atomic E-state index is 0.257. The van der Waals surface area contributed by atoms with Gasteiger partial charge in [-0.3, -0.25) is 4.99 Å². The fourth-order valence-corrected chi connectivity index (χ4v) is 2.12. The first-order valence-corrected chi connectivity index (χ1v) is 5.32. The highest BCUT2D eigenvalue weighted by Crippen LogP contribution is 2.33. The lowest BCUT2D eigenvalue weighted by molar-refractivity contribution is 0.535. The van der Waals surface area contributed by atoms with Crippen molar-refractivity contribution < 1.29 is 0 Å². The standard InChI is InChI=1S/C13H17N/c1-3-12-9-13(2,10-14-12)11-7-5-4-6-8-11/h4-8H,3,9-10H2,1-2H3. The maximum absolute atomic E-state index is 4.60. The summed E-state index contributed by atoms with van der Waals surface area (Å²) in [4.78, 5) is 4.60. The lowest BCUT2D eigenvalue weighted by atomic mass is 9.80. The van der Waals surface area contributed by atoms with Crippen LogP contribution in [0.3, 0.4) is 0 Å². The van der Waals surface area contributed by atoms with Crippen molar-refractivity contribution in [3.63, 3.8) is 0 Å². The molecule has 0 radical (unpaired) electrons. The molecule has 2 rings (SSSR count). The molecule has 1 aromatic rings. The van der Waals surface area contributed by atoms with Crippen LogP contribution in [0.25, 0.3) is 0 Å². The predicted octanol–water partition coefficient (Wildman–Crippen LogP) is 3.20. The van der Waals surface area contributed by atoms with E-state index < -0.39 is 0 Å². The van der Waals surface area contributed by atoms with Gasteiger partial charge in [-0.15, -0.1) is 0 Å². The van der Waals surface area contributed by atoms with Crippen LogP contribution in [0, 0.1) is 0 Å². The molecule has 1 unspecified atom stereocenters. The van der Waals surface area contributed by atoms with Gasteiger partial charge < -0.3 is 0 Å². The molecule has 0 aromatic heterocycles. The van der Waals surface area contributed by atoms with Crippen molar-refractivity contribution in [3.05, 3.63) is 35.9 Å². The van der Waals surface area contributed by atoms with E-state index in [0.717, 1.165) is 19.4 Å². The van der Waals surface area contributed by atoms with E-state index in [2.05, 4.69) is 49.2 Å². The van der Waals surface area contributed by atoms with Gasteiger partial charge in [-0.05, 0) is 18.4 Å². The van der Waals surface area contributed by atoms with Gasteiger partial charge in [0.1, 0.15) is 0 Å². The molecule has 0 aliphatic carbocycles. The summed E-state index contributed by atoms with van der Waals surface area (Å²) in [6.07, 6.45) is 2.23. The summed E-state index contributed by atoms with van der Waals surface area (Å²) in [5, 5.41) is 0. The van der Waals surface area contributed by atoms with E-state index in [1.165, 1.54) is 11.3 Å². The quantitative estimate of drug-likeness (QED) is 0.674. The van der Waals surface area contributed by atoms with E-state index in [1.54, 1.807) is 0 Å². The zero-order valence-corrected chi connectivity index (χ0v) is 8.96. The van der Waals surface area contributed by atoms with Gasteiger partial charge in [-0.25, -0.2) is 0 Å². The molecular formula is C13H17N. The molecule has 1 aliphatic heterocycles. The van der Waals surface area contributed by atoms with E-state index >= 15 is 0 Å². The molecule has 0 N–H and O–H groups in total. The summed E-state index contributed by atoms with van der Waals surface area (Å²) in [7, 11) is 0. The molecule has 1 nitrogen and oxygen atoms in total. The SMILES string of the molecule is CCC1=NCC(C)(c2ccccc2)C1. The summed E-state index contributed by atoms with van der Waals surface area (Å²) in [5.41, 5.74) is 3.05. The maximum Gasteiger partial charge on any atom is 0.0486 e. The molecule has 0 saturated heterocycles. The molecule has 74 valence electrons. The Kier molecular flexibility index (Phi) is 2.40. The summed E-state index contributed by atoms with van der Waals surface area (Å²) in [5.74, 6) is 0. The highest BCUT2D eigenvalue weighted by molar-refractivity contribution is 5.87. The minimum Gasteiger partial charge on any atom is -0.293 e. The third kappa shape index (κ3) is 1.59. The highest BCUT2D eigenvalue weighted by Gasteiger charge is 2.31. The van der Waals surface area contributed by atoms with Gasteiger partial charge in [0.25, 0.3) is 0 Å². The Bertz CT molecular complexity index is 340. The highest BCUT2D eigenvalue weighted by atomic mass is 14.8. The molecule has 1 atom stereocenters. The molecule has 0 fully saturated rings. The fraction of sp³-hybridized carbons (Fsp3) is 0.462. The molecule has 1 aliphatic rings. The minimum absolute atomic E-state index is 0.257. The van der Waals surface area contributed by atoms with Gasteiger partial charge in [-0.2, -0.15) is 0 Å². The second kappa shape index (κ2) is 3.56. The summed E-state index contributed by atoms with van der Waals surface area (Å²) in [6, 6.07) is 10.7. The van der Waals surface area contributed by atoms with Gasteiger partial charge >= 0.3 is 0 Å². The van der Waals surface area contributed by atoms with E-state index in [9.17, 15) is 0 Å². The monoisotopic (exact) mass is 187 g/mol. The van der Waals surface area contributed by atoms with Gasteiger partial charge in [0, 0.05) is 17.7 Å². The maximum atomic E-state index is 4.60. The first-order valence-electron chi connectivity index (χ1n) is 5.32. The number of aliphatic imine (C=N–C) groups is 1. The van der Waals surface area contributed by atoms with Crippen molar-refractivity contribution in [1.82, 2.24) is 0 Å². The second-order valence-corrected chi connectivity index (χ2v) is 4.34. The molecule has 0 amide bonds. The number of hydrogen-bond acceptors (Lipinski definition) is 1. The third-order valence-corrected chi connectivity index (χ3v) is 3.12. The van der Waals surface area contributed by atoms with Crippen LogP contribution in [0.1, 0.15) is 32.3 Å². The van der Waals surface area contributed by atoms with Crippen LogP contribution in [0.15, 0.2) is 35.3 Å². The average Bonchev–Trinajstić information content (AvgIpc) is 2.63. The molecular weight excluding hydrogens is 170 g/mol. The van der Waals surface area contributed by atoms with Crippen LogP contribution in [0.4, 0.5) is 0 Å². The van der Waals surface area contributed by atoms with Crippen molar-refractivity contribution in [2.75, 3.05) is 6.54 Å². The van der Waals surface area contributed by atoms with E-state index in [0.29, 0.717) is 0 Å². The summed E-state index contributed by atoms with van der Waals surface area (Å²) >= 11 is 0. The van der Waals surface area contributed by atoms with Crippen molar-refractivity contribution in [2.45, 2.75) is 32.1 Å². The van der Waals surface area contributed by atoms with Crippen LogP contribution in [-0.2, 0) is 5.41 Å². The van der Waals surface area contributed by atoms with Gasteiger partial charge in [0.2, 0.25) is 0 Å². The molecule has 1 aromatic carbocycles. The zero-order valence-electron chi connectivity index (χ0n) is 8.96. The number of rotatable bonds is 2. The Morgan fingerprint density at radius 1 is 1.29 bits per heavy atom. The number of benzene rings is 1. The molecule has 0 saturated carbocycles. The molecule has 1 heterocycles. The Hall–Kier alpha value is -1.11. The zero-order chi connectivity index (χ0) is 10.0. The largest absolute Gasteiger partial charge is 0.293 e. The predicted molar refractivity (Wildman–Crippen MR) is 61.0 cm³/mol. The Balaban J connectivity index is 2.21. The lowest BCUT2D eigenvalue weighted by Crippen LogP contribution is -2.22. The third-order valence-electron chi connectivity index (χ3n) is 3.12. The molecule has 14 heavy (non-hydrogen) atoms. The van der Waals surface area contributed by atoms with Crippen molar-refractivity contribution in [3.8, 4) is 0 Å². The Morgan fingerprint density at radius 2 is 2.00 bits per heavy atom. The van der Waals surface area contributed by atoms with Crippen LogP contribution in [0.2, 0.25) is 0 Å². The Labute approximate surface area is 85.9 Å². The van der Waals surface area contributed by atoms with E-state index in [-0.39, 0.29) is 5.41 Å². The first kappa shape index (κ1) is 9.45. The van der Waals surface area contributed by atoms with E-state index in [4.69, 9.17) is 0 Å². The Morgan fingerprint density at radius 3 is 2.57 bits per heavy atom. The van der Waals surface area contributed by atoms with Crippen molar-refractivity contribution >= 4 is 5.71 Å². The molecule has 0 bridgehead atoms. The van der Waals surface area contributed by atoms with Crippen LogP contribution >= 0.6 is 0 Å². The molecule has 0 spiro atoms. The normalized spacial score (nSPS) is 26.3. The average molecular weight is 187 g/mol. The lowest BCUT2D eigenvalue weighted by Gasteiger charge is -2.23. The number of nitrogens with zero attached hydrogens (tertiary/aromatic N) is 1. The van der Waals surface area contributed by atoms with Crippen molar-refractivity contribution in [1.29, 1.82) is 0 Å². The molecule has 1 heteroatoms. The first-order chi connectivity index (χ1) is 6.74. The van der Waals surface area contributed by atoms with Crippen LogP contribution in [0.5, 0.6) is 0 Å². The second-order valence-electron chi connectivity index (χ2n) is 4.34. The van der Waals surface area contributed by atoms with Crippen molar-refractivity contribution in [2.24, 2.45) is 4.99 Å². The summed E-state index contributed by atoms with van der Waals surface area (Å²) in [6.45, 7) is 5.46. The topological polar surface area (TPSA) is 12.4 Å². The number of hydrogen-bond donors (Lipinski definition) is 0. The smallest absolute Gasteiger partial charge is 0.0486 e. The van der Waals surface area contributed by atoms with Gasteiger partial charge in [0.15, 0.2) is 0 Å². The fourth-order valence-electron chi connectivity index (χ4n) is 2.12. The van der Waals surface area contributed by atoms with E-state index in [1.807, 2.05) is 0 Å². The van der Waals surface area contributed by atoms with Gasteiger partial charge in [-0.1, -0.05) is 44.2 Å².